The summed E-state index contributed by atoms with van der Waals surface area (Å²) < 4.78 is 24.5. The molecular weight excluding hydrogens is 308 g/mol. The average molecular weight is 332 g/mol. The number of nitrogens with zero attached hydrogens (tertiary/aromatic N) is 1. The molecule has 0 atom stereocenters. The Kier molecular flexibility index (Phi) is 6.33. The summed E-state index contributed by atoms with van der Waals surface area (Å²) in [7, 11) is -1.03. The van der Waals surface area contributed by atoms with E-state index in [4.69, 9.17) is 0 Å². The average Bonchev–Trinajstić information content (AvgIpc) is 2.52. The second-order valence-electron chi connectivity index (χ2n) is 5.82. The topological polar surface area (TPSA) is 49.4 Å². The van der Waals surface area contributed by atoms with Crippen molar-refractivity contribution in [3.05, 3.63) is 60.2 Å². The molecule has 1 N–H and O–H groups in total. The van der Waals surface area contributed by atoms with Gasteiger partial charge in [-0.15, -0.1) is 0 Å². The Morgan fingerprint density at radius 3 is 2.17 bits per heavy atom. The molecule has 2 aromatic rings. The van der Waals surface area contributed by atoms with E-state index in [-0.39, 0.29) is 0 Å². The molecule has 0 saturated heterocycles. The first-order chi connectivity index (χ1) is 10.9. The van der Waals surface area contributed by atoms with Crippen LogP contribution >= 0.6 is 0 Å². The van der Waals surface area contributed by atoms with Gasteiger partial charge in [-0.25, -0.2) is 13.1 Å². The van der Waals surface area contributed by atoms with Crippen LogP contribution in [-0.4, -0.2) is 39.7 Å². The number of rotatable bonds is 8. The summed E-state index contributed by atoms with van der Waals surface area (Å²) >= 11 is 0. The highest BCUT2D eigenvalue weighted by atomic mass is 32.2. The molecule has 0 radical (unpaired) electrons. The highest BCUT2D eigenvalue weighted by Crippen LogP contribution is 2.19. The van der Waals surface area contributed by atoms with E-state index in [1.165, 1.54) is 22.9 Å². The monoisotopic (exact) mass is 332 g/mol. The molecule has 0 unspecified atom stereocenters. The number of hydrogen-bond donors (Lipinski definition) is 1. The standard InChI is InChI=1S/C18H24N2O2S/c1-20(14-6-13-19-23(2,21)22)15-16-9-11-18(12-10-16)17-7-4-3-5-8-17/h3-5,7-12,19H,6,13-15H2,1-2H3. The van der Waals surface area contributed by atoms with Gasteiger partial charge in [-0.3, -0.25) is 0 Å². The van der Waals surface area contributed by atoms with Crippen LogP contribution in [0.2, 0.25) is 0 Å². The molecule has 0 bridgehead atoms. The molecule has 0 aliphatic carbocycles. The van der Waals surface area contributed by atoms with Gasteiger partial charge in [0.2, 0.25) is 10.0 Å². The smallest absolute Gasteiger partial charge is 0.208 e. The Labute approximate surface area is 139 Å². The van der Waals surface area contributed by atoms with Crippen molar-refractivity contribution >= 4 is 10.0 Å². The van der Waals surface area contributed by atoms with Crippen molar-refractivity contribution in [2.45, 2.75) is 13.0 Å². The minimum Gasteiger partial charge on any atom is -0.302 e. The summed E-state index contributed by atoms with van der Waals surface area (Å²) in [5.41, 5.74) is 3.69. The SMILES string of the molecule is CN(CCCNS(C)(=O)=O)Cc1ccc(-c2ccccc2)cc1. The van der Waals surface area contributed by atoms with Crippen molar-refractivity contribution < 1.29 is 8.42 Å². The van der Waals surface area contributed by atoms with E-state index in [0.717, 1.165) is 19.5 Å². The van der Waals surface area contributed by atoms with Gasteiger partial charge in [-0.05, 0) is 36.7 Å². The first kappa shape index (κ1) is 17.7. The predicted molar refractivity (Wildman–Crippen MR) is 95.7 cm³/mol. The van der Waals surface area contributed by atoms with Crippen LogP contribution in [0.4, 0.5) is 0 Å². The van der Waals surface area contributed by atoms with Gasteiger partial charge in [0, 0.05) is 13.1 Å². The van der Waals surface area contributed by atoms with E-state index >= 15 is 0 Å². The lowest BCUT2D eigenvalue weighted by Gasteiger charge is -2.17. The maximum absolute atomic E-state index is 11.0. The zero-order chi connectivity index (χ0) is 16.7. The van der Waals surface area contributed by atoms with Crippen LogP contribution in [0, 0.1) is 0 Å². The van der Waals surface area contributed by atoms with E-state index < -0.39 is 10.0 Å². The van der Waals surface area contributed by atoms with E-state index in [9.17, 15) is 8.42 Å². The normalized spacial score (nSPS) is 11.8. The maximum Gasteiger partial charge on any atom is 0.208 e. The minimum absolute atomic E-state index is 0.482. The fourth-order valence-corrected chi connectivity index (χ4v) is 2.95. The second kappa shape index (κ2) is 8.24. The molecule has 0 fully saturated rings. The number of nitrogens with one attached hydrogen (secondary N) is 1. The quantitative estimate of drug-likeness (QED) is 0.756. The first-order valence-electron chi connectivity index (χ1n) is 7.71. The number of sulfonamides is 1. The van der Waals surface area contributed by atoms with Crippen LogP contribution in [0.5, 0.6) is 0 Å². The van der Waals surface area contributed by atoms with Crippen molar-refractivity contribution in [3.8, 4) is 11.1 Å². The van der Waals surface area contributed by atoms with Gasteiger partial charge in [0.25, 0.3) is 0 Å². The molecule has 23 heavy (non-hydrogen) atoms. The van der Waals surface area contributed by atoms with Crippen LogP contribution in [0.15, 0.2) is 54.6 Å². The third kappa shape index (κ3) is 6.52. The van der Waals surface area contributed by atoms with Crippen LogP contribution in [0.25, 0.3) is 11.1 Å². The van der Waals surface area contributed by atoms with Crippen LogP contribution in [0.1, 0.15) is 12.0 Å². The van der Waals surface area contributed by atoms with Gasteiger partial charge >= 0.3 is 0 Å². The van der Waals surface area contributed by atoms with Crippen molar-refractivity contribution in [1.82, 2.24) is 9.62 Å². The van der Waals surface area contributed by atoms with Crippen molar-refractivity contribution in [1.29, 1.82) is 0 Å². The van der Waals surface area contributed by atoms with Crippen LogP contribution in [0.3, 0.4) is 0 Å². The summed E-state index contributed by atoms with van der Waals surface area (Å²) in [6.07, 6.45) is 1.98. The largest absolute Gasteiger partial charge is 0.302 e. The Morgan fingerprint density at radius 1 is 0.957 bits per heavy atom. The fourth-order valence-electron chi connectivity index (χ4n) is 2.43. The summed E-state index contributed by atoms with van der Waals surface area (Å²) in [6.45, 7) is 2.19. The Hall–Kier alpha value is -1.69. The molecule has 2 aromatic carbocycles. The minimum atomic E-state index is -3.08. The van der Waals surface area contributed by atoms with Crippen molar-refractivity contribution in [2.24, 2.45) is 0 Å². The van der Waals surface area contributed by atoms with Gasteiger partial charge in [0.1, 0.15) is 0 Å². The summed E-state index contributed by atoms with van der Waals surface area (Å²) in [5.74, 6) is 0. The first-order valence-corrected chi connectivity index (χ1v) is 9.61. The maximum atomic E-state index is 11.0. The number of benzene rings is 2. The zero-order valence-electron chi connectivity index (χ0n) is 13.7. The molecule has 0 heterocycles. The molecular formula is C18H24N2O2S. The molecule has 0 amide bonds. The van der Waals surface area contributed by atoms with Crippen molar-refractivity contribution in [2.75, 3.05) is 26.4 Å². The van der Waals surface area contributed by atoms with Gasteiger partial charge in [0.15, 0.2) is 0 Å². The molecule has 0 aromatic heterocycles. The molecule has 4 nitrogen and oxygen atoms in total. The number of hydrogen-bond acceptors (Lipinski definition) is 3. The predicted octanol–water partition coefficient (Wildman–Crippen LogP) is 2.72. The highest BCUT2D eigenvalue weighted by Gasteiger charge is 2.03. The van der Waals surface area contributed by atoms with Gasteiger partial charge in [-0.2, -0.15) is 0 Å². The summed E-state index contributed by atoms with van der Waals surface area (Å²) in [5, 5.41) is 0. The van der Waals surface area contributed by atoms with Crippen LogP contribution < -0.4 is 4.72 Å². The Balaban J connectivity index is 1.81. The van der Waals surface area contributed by atoms with E-state index in [0.29, 0.717) is 6.54 Å². The third-order valence-electron chi connectivity index (χ3n) is 3.59. The molecule has 0 saturated carbocycles. The van der Waals surface area contributed by atoms with Crippen molar-refractivity contribution in [3.63, 3.8) is 0 Å². The molecule has 124 valence electrons. The van der Waals surface area contributed by atoms with Crippen LogP contribution in [-0.2, 0) is 16.6 Å². The lowest BCUT2D eigenvalue weighted by Crippen LogP contribution is -2.27. The zero-order valence-corrected chi connectivity index (χ0v) is 14.5. The van der Waals surface area contributed by atoms with Gasteiger partial charge in [0.05, 0.1) is 6.26 Å². The van der Waals surface area contributed by atoms with Gasteiger partial charge < -0.3 is 4.90 Å². The van der Waals surface area contributed by atoms with E-state index in [1.807, 2.05) is 25.2 Å². The second-order valence-corrected chi connectivity index (χ2v) is 7.65. The molecule has 0 spiro atoms. The molecule has 2 rings (SSSR count). The fraction of sp³-hybridized carbons (Fsp3) is 0.333. The lowest BCUT2D eigenvalue weighted by atomic mass is 10.0. The summed E-state index contributed by atoms with van der Waals surface area (Å²) in [6, 6.07) is 18.9. The molecule has 0 aliphatic rings. The Bertz CT molecular complexity index is 698. The van der Waals surface area contributed by atoms with E-state index in [2.05, 4.69) is 46.0 Å². The molecule has 5 heteroatoms. The third-order valence-corrected chi connectivity index (χ3v) is 4.32. The van der Waals surface area contributed by atoms with Gasteiger partial charge in [-0.1, -0.05) is 54.6 Å². The lowest BCUT2D eigenvalue weighted by molar-refractivity contribution is 0.322. The molecule has 0 aliphatic heterocycles. The highest BCUT2D eigenvalue weighted by molar-refractivity contribution is 7.88. The summed E-state index contributed by atoms with van der Waals surface area (Å²) in [4.78, 5) is 2.20. The Morgan fingerprint density at radius 2 is 1.57 bits per heavy atom. The van der Waals surface area contributed by atoms with E-state index in [1.54, 1.807) is 0 Å².